The van der Waals surface area contributed by atoms with E-state index < -0.39 is 0 Å². The highest BCUT2D eigenvalue weighted by Crippen LogP contribution is 2.19. The lowest BCUT2D eigenvalue weighted by Crippen LogP contribution is -2.22. The smallest absolute Gasteiger partial charge is 0.275 e. The minimum absolute atomic E-state index is 0.181. The van der Waals surface area contributed by atoms with Crippen molar-refractivity contribution in [2.24, 2.45) is 5.10 Å². The molecule has 0 bridgehead atoms. The number of nitrogens with zero attached hydrogens (tertiary/aromatic N) is 3. The molecule has 0 spiro atoms. The third kappa shape index (κ3) is 2.80. The molecule has 1 aromatic rings. The molecule has 1 N–H and O–H groups in total. The van der Waals surface area contributed by atoms with Crippen LogP contribution in [-0.2, 0) is 4.79 Å². The number of carbonyl (C=O) groups excluding carboxylic acids is 1. The molecule has 1 aliphatic heterocycles. The standard InChI is InChI=1S/C14H13N3O2/c1-10-13(9-11-3-5-12(18)6-4-11)14(19)17(16-10)8-2-7-15/h3-6,9,18H,2,8H2,1H3. The molecule has 1 amide bonds. The first-order valence-corrected chi connectivity index (χ1v) is 5.87. The summed E-state index contributed by atoms with van der Waals surface area (Å²) < 4.78 is 0. The van der Waals surface area contributed by atoms with Crippen LogP contribution in [0.25, 0.3) is 6.08 Å². The molecule has 0 aliphatic carbocycles. The van der Waals surface area contributed by atoms with Crippen LogP contribution in [0.15, 0.2) is 34.9 Å². The molecule has 0 aromatic heterocycles. The first-order valence-electron chi connectivity index (χ1n) is 5.87. The zero-order valence-electron chi connectivity index (χ0n) is 10.5. The fourth-order valence-corrected chi connectivity index (χ4v) is 1.78. The number of hydrazone groups is 1. The van der Waals surface area contributed by atoms with Crippen molar-refractivity contribution in [2.75, 3.05) is 6.54 Å². The van der Waals surface area contributed by atoms with Gasteiger partial charge in [-0.05, 0) is 30.7 Å². The quantitative estimate of drug-likeness (QED) is 0.838. The number of benzene rings is 1. The number of nitriles is 1. The predicted octanol–water partition coefficient (Wildman–Crippen LogP) is 1.91. The van der Waals surface area contributed by atoms with E-state index in [2.05, 4.69) is 5.10 Å². The molecule has 5 heteroatoms. The average Bonchev–Trinajstić information content (AvgIpc) is 2.66. The van der Waals surface area contributed by atoms with E-state index in [4.69, 9.17) is 5.26 Å². The van der Waals surface area contributed by atoms with Crippen molar-refractivity contribution in [3.8, 4) is 11.8 Å². The van der Waals surface area contributed by atoms with Gasteiger partial charge in [0.2, 0.25) is 0 Å². The van der Waals surface area contributed by atoms with E-state index in [1.165, 1.54) is 5.01 Å². The topological polar surface area (TPSA) is 76.7 Å². The van der Waals surface area contributed by atoms with Crippen molar-refractivity contribution in [1.82, 2.24) is 5.01 Å². The van der Waals surface area contributed by atoms with Gasteiger partial charge in [-0.1, -0.05) is 12.1 Å². The van der Waals surface area contributed by atoms with E-state index in [9.17, 15) is 9.90 Å². The molecule has 0 atom stereocenters. The van der Waals surface area contributed by atoms with Gasteiger partial charge in [0, 0.05) is 0 Å². The van der Waals surface area contributed by atoms with Crippen LogP contribution < -0.4 is 0 Å². The number of phenols is 1. The Balaban J connectivity index is 2.22. The van der Waals surface area contributed by atoms with E-state index in [1.807, 2.05) is 6.07 Å². The molecule has 0 radical (unpaired) electrons. The highest BCUT2D eigenvalue weighted by atomic mass is 16.3. The minimum atomic E-state index is -0.194. The van der Waals surface area contributed by atoms with Crippen LogP contribution in [0.2, 0.25) is 0 Å². The first kappa shape index (κ1) is 12.8. The molecule has 96 valence electrons. The molecule has 0 unspecified atom stereocenters. The molecule has 0 saturated carbocycles. The van der Waals surface area contributed by atoms with Crippen molar-refractivity contribution >= 4 is 17.7 Å². The number of hydrogen-bond donors (Lipinski definition) is 1. The Morgan fingerprint density at radius 2 is 2.11 bits per heavy atom. The second-order valence-corrected chi connectivity index (χ2v) is 4.17. The largest absolute Gasteiger partial charge is 0.508 e. The summed E-state index contributed by atoms with van der Waals surface area (Å²) in [4.78, 5) is 12.1. The summed E-state index contributed by atoms with van der Waals surface area (Å²) in [6.45, 7) is 2.07. The summed E-state index contributed by atoms with van der Waals surface area (Å²) in [5.74, 6) is -0.0123. The number of aromatic hydroxyl groups is 1. The maximum Gasteiger partial charge on any atom is 0.275 e. The summed E-state index contributed by atoms with van der Waals surface area (Å²) in [5.41, 5.74) is 1.97. The summed E-state index contributed by atoms with van der Waals surface area (Å²) in [5, 5.41) is 23.2. The fraction of sp³-hybridized carbons (Fsp3) is 0.214. The lowest BCUT2D eigenvalue weighted by molar-refractivity contribution is -0.125. The Hall–Kier alpha value is -2.61. The van der Waals surface area contributed by atoms with Crippen LogP contribution in [0.5, 0.6) is 5.75 Å². The van der Waals surface area contributed by atoms with Crippen LogP contribution in [0.3, 0.4) is 0 Å². The van der Waals surface area contributed by atoms with Crippen molar-refractivity contribution < 1.29 is 9.90 Å². The highest BCUT2D eigenvalue weighted by molar-refractivity contribution is 6.26. The fourth-order valence-electron chi connectivity index (χ4n) is 1.78. The molecule has 1 heterocycles. The molecule has 1 aromatic carbocycles. The molecule has 5 nitrogen and oxygen atoms in total. The number of rotatable bonds is 3. The molecule has 0 fully saturated rings. The molecule has 19 heavy (non-hydrogen) atoms. The summed E-state index contributed by atoms with van der Waals surface area (Å²) >= 11 is 0. The molecular formula is C14H13N3O2. The van der Waals surface area contributed by atoms with E-state index in [1.54, 1.807) is 37.3 Å². The zero-order valence-corrected chi connectivity index (χ0v) is 10.5. The van der Waals surface area contributed by atoms with Gasteiger partial charge in [-0.3, -0.25) is 4.79 Å². The second kappa shape index (κ2) is 5.36. The van der Waals surface area contributed by atoms with Crippen molar-refractivity contribution in [3.63, 3.8) is 0 Å². The van der Waals surface area contributed by atoms with Gasteiger partial charge in [0.1, 0.15) is 5.75 Å². The average molecular weight is 255 g/mol. The van der Waals surface area contributed by atoms with Gasteiger partial charge >= 0.3 is 0 Å². The van der Waals surface area contributed by atoms with E-state index in [-0.39, 0.29) is 18.1 Å². The van der Waals surface area contributed by atoms with Gasteiger partial charge in [-0.15, -0.1) is 0 Å². The molecule has 0 saturated heterocycles. The van der Waals surface area contributed by atoms with Gasteiger partial charge in [0.25, 0.3) is 5.91 Å². The Morgan fingerprint density at radius 3 is 2.74 bits per heavy atom. The van der Waals surface area contributed by atoms with Gasteiger partial charge in [-0.2, -0.15) is 10.4 Å². The Kier molecular flexibility index (Phi) is 3.62. The number of amides is 1. The van der Waals surface area contributed by atoms with Gasteiger partial charge < -0.3 is 5.11 Å². The maximum atomic E-state index is 12.1. The molecule has 1 aliphatic rings. The minimum Gasteiger partial charge on any atom is -0.508 e. The van der Waals surface area contributed by atoms with E-state index >= 15 is 0 Å². The summed E-state index contributed by atoms with van der Waals surface area (Å²) in [6, 6.07) is 8.56. The Labute approximate surface area is 111 Å². The zero-order chi connectivity index (χ0) is 13.8. The van der Waals surface area contributed by atoms with Crippen LogP contribution in [0, 0.1) is 11.3 Å². The normalized spacial score (nSPS) is 16.6. The van der Waals surface area contributed by atoms with Crippen molar-refractivity contribution in [3.05, 3.63) is 35.4 Å². The lowest BCUT2D eigenvalue weighted by atomic mass is 10.1. The van der Waals surface area contributed by atoms with E-state index in [0.29, 0.717) is 17.8 Å². The van der Waals surface area contributed by atoms with Crippen LogP contribution in [0.4, 0.5) is 0 Å². The number of hydrogen-bond acceptors (Lipinski definition) is 4. The number of phenolic OH excluding ortho intramolecular Hbond substituents is 1. The predicted molar refractivity (Wildman–Crippen MR) is 71.1 cm³/mol. The lowest BCUT2D eigenvalue weighted by Gasteiger charge is -2.08. The third-order valence-electron chi connectivity index (χ3n) is 2.76. The van der Waals surface area contributed by atoms with Crippen LogP contribution in [0.1, 0.15) is 18.9 Å². The second-order valence-electron chi connectivity index (χ2n) is 4.17. The Bertz CT molecular complexity index is 594. The molecule has 2 rings (SSSR count). The number of carbonyl (C=O) groups is 1. The molecular weight excluding hydrogens is 242 g/mol. The third-order valence-corrected chi connectivity index (χ3v) is 2.76. The summed E-state index contributed by atoms with van der Waals surface area (Å²) in [6.07, 6.45) is 1.99. The van der Waals surface area contributed by atoms with Crippen LogP contribution in [-0.4, -0.2) is 28.3 Å². The highest BCUT2D eigenvalue weighted by Gasteiger charge is 2.26. The van der Waals surface area contributed by atoms with Crippen molar-refractivity contribution in [1.29, 1.82) is 5.26 Å². The van der Waals surface area contributed by atoms with Gasteiger partial charge in [0.05, 0.1) is 30.3 Å². The SMILES string of the molecule is CC1=NN(CCC#N)C(=O)C1=Cc1ccc(O)cc1. The van der Waals surface area contributed by atoms with E-state index in [0.717, 1.165) is 5.56 Å². The van der Waals surface area contributed by atoms with Crippen LogP contribution >= 0.6 is 0 Å². The monoisotopic (exact) mass is 255 g/mol. The Morgan fingerprint density at radius 1 is 1.42 bits per heavy atom. The van der Waals surface area contributed by atoms with Crippen molar-refractivity contribution in [2.45, 2.75) is 13.3 Å². The summed E-state index contributed by atoms with van der Waals surface area (Å²) in [7, 11) is 0. The van der Waals surface area contributed by atoms with Gasteiger partial charge in [-0.25, -0.2) is 5.01 Å². The first-order chi connectivity index (χ1) is 9.11. The van der Waals surface area contributed by atoms with Gasteiger partial charge in [0.15, 0.2) is 0 Å². The maximum absolute atomic E-state index is 12.1.